The number of nitrogens with one attached hydrogen (secondary N) is 1. The van der Waals surface area contributed by atoms with Gasteiger partial charge < -0.3 is 9.88 Å². The molecule has 2 rings (SSSR count). The molecule has 7 nitrogen and oxygen atoms in total. The van der Waals surface area contributed by atoms with Crippen LogP contribution in [-0.2, 0) is 6.54 Å². The van der Waals surface area contributed by atoms with E-state index in [9.17, 15) is 10.1 Å². The van der Waals surface area contributed by atoms with Gasteiger partial charge in [-0.3, -0.25) is 10.1 Å². The Bertz CT molecular complexity index is 588. The van der Waals surface area contributed by atoms with Crippen LogP contribution >= 0.6 is 15.9 Å². The molecule has 0 amide bonds. The lowest BCUT2D eigenvalue weighted by Gasteiger charge is -2.13. The molecule has 106 valence electrons. The van der Waals surface area contributed by atoms with Gasteiger partial charge in [-0.2, -0.15) is 0 Å². The van der Waals surface area contributed by atoms with E-state index < -0.39 is 4.92 Å². The molecular weight excluding hydrogens is 326 g/mol. The Balaban J connectivity index is 1.98. The lowest BCUT2D eigenvalue weighted by molar-refractivity contribution is -0.384. The van der Waals surface area contributed by atoms with E-state index in [1.165, 1.54) is 12.3 Å². The monoisotopic (exact) mass is 339 g/mol. The predicted octanol–water partition coefficient (Wildman–Crippen LogP) is 2.70. The summed E-state index contributed by atoms with van der Waals surface area (Å²) in [7, 11) is 0. The van der Waals surface area contributed by atoms with Crippen molar-refractivity contribution in [3.63, 3.8) is 0 Å². The van der Waals surface area contributed by atoms with Crippen molar-refractivity contribution in [3.05, 3.63) is 45.6 Å². The fourth-order valence-corrected chi connectivity index (χ4v) is 2.11. The Hall–Kier alpha value is -1.96. The summed E-state index contributed by atoms with van der Waals surface area (Å²) in [6.07, 6.45) is 6.89. The quantitative estimate of drug-likeness (QED) is 0.645. The fourth-order valence-electron chi connectivity index (χ4n) is 1.79. The summed E-state index contributed by atoms with van der Waals surface area (Å²) in [5.74, 6) is 0.574. The minimum atomic E-state index is -0.444. The molecule has 0 aliphatic heterocycles. The van der Waals surface area contributed by atoms with Gasteiger partial charge in [0.05, 0.1) is 11.3 Å². The van der Waals surface area contributed by atoms with Crippen LogP contribution in [0.2, 0.25) is 0 Å². The molecule has 2 aromatic rings. The molecule has 0 aliphatic carbocycles. The molecular formula is C12H14BrN5O2. The van der Waals surface area contributed by atoms with Gasteiger partial charge >= 0.3 is 5.69 Å². The van der Waals surface area contributed by atoms with Gasteiger partial charge in [0.25, 0.3) is 0 Å². The van der Waals surface area contributed by atoms with Crippen LogP contribution in [0.4, 0.5) is 11.5 Å². The highest BCUT2D eigenvalue weighted by Gasteiger charge is 2.16. The fraction of sp³-hybridized carbons (Fsp3) is 0.333. The van der Waals surface area contributed by atoms with Crippen molar-refractivity contribution < 1.29 is 4.92 Å². The van der Waals surface area contributed by atoms with Crippen LogP contribution in [0.5, 0.6) is 0 Å². The molecule has 0 fully saturated rings. The Labute approximate surface area is 124 Å². The number of aromatic nitrogens is 3. The van der Waals surface area contributed by atoms with E-state index in [0.29, 0.717) is 11.0 Å². The SMILES string of the molecule is CC(CNc1ncc(Br)cc1[N+](=O)[O-])Cn1ccnc1. The smallest absolute Gasteiger partial charge is 0.312 e. The number of hydrogen-bond acceptors (Lipinski definition) is 5. The molecule has 0 bridgehead atoms. The molecule has 8 heteroatoms. The average molecular weight is 340 g/mol. The third-order valence-electron chi connectivity index (χ3n) is 2.73. The van der Waals surface area contributed by atoms with E-state index in [4.69, 9.17) is 0 Å². The van der Waals surface area contributed by atoms with Gasteiger partial charge in [-0.15, -0.1) is 0 Å². The van der Waals surface area contributed by atoms with Crippen molar-refractivity contribution in [2.75, 3.05) is 11.9 Å². The Kier molecular flexibility index (Phi) is 4.67. The van der Waals surface area contributed by atoms with Crippen LogP contribution in [-0.4, -0.2) is 26.0 Å². The Morgan fingerprint density at radius 1 is 1.60 bits per heavy atom. The van der Waals surface area contributed by atoms with Gasteiger partial charge in [0.1, 0.15) is 0 Å². The van der Waals surface area contributed by atoms with E-state index >= 15 is 0 Å². The van der Waals surface area contributed by atoms with Gasteiger partial charge in [0, 0.05) is 42.2 Å². The highest BCUT2D eigenvalue weighted by Crippen LogP contribution is 2.25. The summed E-state index contributed by atoms with van der Waals surface area (Å²) in [6.45, 7) is 3.43. The maximum Gasteiger partial charge on any atom is 0.312 e. The lowest BCUT2D eigenvalue weighted by atomic mass is 10.2. The van der Waals surface area contributed by atoms with Crippen molar-refractivity contribution in [1.29, 1.82) is 0 Å². The second kappa shape index (κ2) is 6.47. The van der Waals surface area contributed by atoms with Crippen molar-refractivity contribution in [2.45, 2.75) is 13.5 Å². The first-order valence-corrected chi connectivity index (χ1v) is 6.85. The number of nitro groups is 1. The van der Waals surface area contributed by atoms with Crippen LogP contribution in [0.25, 0.3) is 0 Å². The third-order valence-corrected chi connectivity index (χ3v) is 3.16. The molecule has 0 saturated heterocycles. The maximum absolute atomic E-state index is 11.0. The Morgan fingerprint density at radius 3 is 3.05 bits per heavy atom. The summed E-state index contributed by atoms with van der Waals surface area (Å²) in [5, 5.41) is 14.0. The van der Waals surface area contributed by atoms with Gasteiger partial charge in [-0.05, 0) is 21.8 Å². The summed E-state index contributed by atoms with van der Waals surface area (Å²) >= 11 is 3.18. The third kappa shape index (κ3) is 3.77. The van der Waals surface area contributed by atoms with E-state index in [0.717, 1.165) is 6.54 Å². The van der Waals surface area contributed by atoms with Crippen LogP contribution in [0.3, 0.4) is 0 Å². The second-order valence-electron chi connectivity index (χ2n) is 4.52. The van der Waals surface area contributed by atoms with Crippen LogP contribution in [0, 0.1) is 16.0 Å². The molecule has 0 spiro atoms. The van der Waals surface area contributed by atoms with E-state index in [-0.39, 0.29) is 17.4 Å². The van der Waals surface area contributed by atoms with Gasteiger partial charge in [-0.25, -0.2) is 9.97 Å². The number of halogens is 1. The molecule has 1 atom stereocenters. The van der Waals surface area contributed by atoms with Crippen LogP contribution in [0.1, 0.15) is 6.92 Å². The number of hydrogen-bond donors (Lipinski definition) is 1. The molecule has 20 heavy (non-hydrogen) atoms. The number of anilines is 1. The highest BCUT2D eigenvalue weighted by atomic mass is 79.9. The Morgan fingerprint density at radius 2 is 2.40 bits per heavy atom. The first-order valence-electron chi connectivity index (χ1n) is 6.06. The molecule has 0 aromatic carbocycles. The standard InChI is InChI=1S/C12H14BrN5O2/c1-9(7-17-3-2-14-8-17)5-15-12-11(18(19)20)4-10(13)6-16-12/h2-4,6,8-9H,5,7H2,1H3,(H,15,16). The van der Waals surface area contributed by atoms with Crippen LogP contribution in [0.15, 0.2) is 35.5 Å². The summed E-state index contributed by atoms with van der Waals surface area (Å²) in [5.41, 5.74) is -0.0331. The van der Waals surface area contributed by atoms with Gasteiger partial charge in [-0.1, -0.05) is 6.92 Å². The minimum absolute atomic E-state index is 0.0331. The molecule has 0 radical (unpaired) electrons. The lowest BCUT2D eigenvalue weighted by Crippen LogP contribution is -2.17. The van der Waals surface area contributed by atoms with Crippen molar-refractivity contribution in [1.82, 2.24) is 14.5 Å². The summed E-state index contributed by atoms with van der Waals surface area (Å²) in [6, 6.07) is 1.44. The van der Waals surface area contributed by atoms with Crippen LogP contribution < -0.4 is 5.32 Å². The van der Waals surface area contributed by atoms with Gasteiger partial charge in [0.2, 0.25) is 5.82 Å². The zero-order valence-corrected chi connectivity index (χ0v) is 12.4. The summed E-state index contributed by atoms with van der Waals surface area (Å²) < 4.78 is 2.55. The van der Waals surface area contributed by atoms with E-state index in [2.05, 4.69) is 38.1 Å². The van der Waals surface area contributed by atoms with Crippen molar-refractivity contribution in [2.24, 2.45) is 5.92 Å². The second-order valence-corrected chi connectivity index (χ2v) is 5.44. The van der Waals surface area contributed by atoms with Crippen molar-refractivity contribution in [3.8, 4) is 0 Å². The normalized spacial score (nSPS) is 12.1. The zero-order chi connectivity index (χ0) is 14.5. The molecule has 0 saturated carbocycles. The maximum atomic E-state index is 11.0. The number of imidazole rings is 1. The van der Waals surface area contributed by atoms with E-state index in [1.54, 1.807) is 12.5 Å². The molecule has 1 N–H and O–H groups in total. The first-order chi connectivity index (χ1) is 9.56. The molecule has 2 heterocycles. The van der Waals surface area contributed by atoms with Crippen molar-refractivity contribution >= 4 is 27.4 Å². The molecule has 1 unspecified atom stereocenters. The van der Waals surface area contributed by atoms with E-state index in [1.807, 2.05) is 10.8 Å². The molecule has 2 aromatic heterocycles. The zero-order valence-electron chi connectivity index (χ0n) is 10.9. The number of pyridine rings is 1. The highest BCUT2D eigenvalue weighted by molar-refractivity contribution is 9.10. The largest absolute Gasteiger partial charge is 0.364 e. The average Bonchev–Trinajstić information content (AvgIpc) is 2.90. The number of rotatable bonds is 6. The van der Waals surface area contributed by atoms with Gasteiger partial charge in [0.15, 0.2) is 0 Å². The topological polar surface area (TPSA) is 85.9 Å². The number of nitrogens with zero attached hydrogens (tertiary/aromatic N) is 4. The minimum Gasteiger partial charge on any atom is -0.364 e. The predicted molar refractivity (Wildman–Crippen MR) is 78.5 cm³/mol. The first kappa shape index (κ1) is 14.4. The summed E-state index contributed by atoms with van der Waals surface area (Å²) in [4.78, 5) is 18.5. The molecule has 0 aliphatic rings.